The minimum Gasteiger partial charge on any atom is -0.475 e. The molecule has 1 aromatic rings. The summed E-state index contributed by atoms with van der Waals surface area (Å²) in [4.78, 5) is 41.9. The van der Waals surface area contributed by atoms with Crippen molar-refractivity contribution in [1.29, 1.82) is 0 Å². The lowest BCUT2D eigenvalue weighted by molar-refractivity contribution is -0.141. The van der Waals surface area contributed by atoms with Crippen LogP contribution < -0.4 is 10.1 Å². The molecule has 2 heterocycles. The number of nitrogens with zero attached hydrogens (tertiary/aromatic N) is 2. The summed E-state index contributed by atoms with van der Waals surface area (Å²) in [5.41, 5.74) is -3.48. The fourth-order valence-electron chi connectivity index (χ4n) is 5.13. The van der Waals surface area contributed by atoms with Crippen LogP contribution in [0.4, 0.5) is 23.7 Å². The van der Waals surface area contributed by atoms with Crippen LogP contribution in [-0.4, -0.2) is 64.1 Å². The van der Waals surface area contributed by atoms with Gasteiger partial charge in [0.05, 0.1) is 22.9 Å². The first-order chi connectivity index (χ1) is 17.1. The van der Waals surface area contributed by atoms with Crippen molar-refractivity contribution < 1.29 is 37.0 Å². The molecular weight excluding hydrogens is 491 g/mol. The molecule has 0 unspecified atom stereocenters. The molecule has 0 bridgehead atoms. The molecule has 1 saturated carbocycles. The van der Waals surface area contributed by atoms with Crippen LogP contribution in [0.1, 0.15) is 82.6 Å². The first-order valence-corrected chi connectivity index (χ1v) is 12.7. The Bertz CT molecular complexity index is 1090. The molecule has 3 amide bonds. The predicted octanol–water partition coefficient (Wildman–Crippen LogP) is 5.21. The molecule has 1 spiro atoms. The fourth-order valence-corrected chi connectivity index (χ4v) is 5.13. The number of amides is 3. The summed E-state index contributed by atoms with van der Waals surface area (Å²) in [6.07, 6.45) is -2.65. The molecule has 204 valence electrons. The molecule has 3 aliphatic rings. The zero-order valence-electron chi connectivity index (χ0n) is 21.8. The maximum Gasteiger partial charge on any atom is 0.417 e. The van der Waals surface area contributed by atoms with Gasteiger partial charge in [-0.1, -0.05) is 0 Å². The van der Waals surface area contributed by atoms with Crippen LogP contribution in [0.25, 0.3) is 0 Å². The highest BCUT2D eigenvalue weighted by atomic mass is 19.4. The maximum absolute atomic E-state index is 14.2. The van der Waals surface area contributed by atoms with Gasteiger partial charge in [0.1, 0.15) is 11.4 Å². The number of likely N-dealkylation sites (tertiary alicyclic amines) is 1. The van der Waals surface area contributed by atoms with Gasteiger partial charge >= 0.3 is 12.3 Å². The van der Waals surface area contributed by atoms with Gasteiger partial charge in [0.15, 0.2) is 5.60 Å². The molecule has 37 heavy (non-hydrogen) atoms. The van der Waals surface area contributed by atoms with Gasteiger partial charge in [0.2, 0.25) is 0 Å². The summed E-state index contributed by atoms with van der Waals surface area (Å²) in [5.74, 6) is -1.32. The van der Waals surface area contributed by atoms with E-state index in [1.54, 1.807) is 34.6 Å². The lowest BCUT2D eigenvalue weighted by Gasteiger charge is -2.44. The SMILES string of the molecule is CC(C)N(C(=O)c1cc2c(cc1C(F)(F)F)OC1(CCC1)C(=O)N2)[C@@H]1CCCN(C(=O)OC(C)(C)C)C1. The summed E-state index contributed by atoms with van der Waals surface area (Å²) >= 11 is 0. The number of ether oxygens (including phenoxy) is 2. The standard InChI is InChI=1S/C26H34F3N3O5/c1-15(2)32(16-8-6-11-31(14-16)23(35)37-24(3,4)5)21(33)17-12-19-20(13-18(17)26(27,28)29)36-25(9-7-10-25)22(34)30-19/h12-13,15-16H,6-11,14H2,1-5H3,(H,30,34)/t16-/m1/s1. The lowest BCUT2D eigenvalue weighted by atomic mass is 9.78. The zero-order chi connectivity index (χ0) is 27.3. The normalized spacial score (nSPS) is 21.1. The van der Waals surface area contributed by atoms with E-state index in [4.69, 9.17) is 9.47 Å². The van der Waals surface area contributed by atoms with Crippen LogP contribution in [0.5, 0.6) is 5.75 Å². The summed E-state index contributed by atoms with van der Waals surface area (Å²) in [6.45, 7) is 9.28. The average Bonchev–Trinajstić information content (AvgIpc) is 2.75. The molecule has 1 aromatic carbocycles. The molecule has 2 aliphatic heterocycles. The van der Waals surface area contributed by atoms with E-state index >= 15 is 0 Å². The number of anilines is 1. The van der Waals surface area contributed by atoms with Crippen molar-refractivity contribution in [2.24, 2.45) is 0 Å². The van der Waals surface area contributed by atoms with E-state index in [9.17, 15) is 27.6 Å². The maximum atomic E-state index is 14.2. The first-order valence-electron chi connectivity index (χ1n) is 12.7. The van der Waals surface area contributed by atoms with Crippen molar-refractivity contribution in [3.05, 3.63) is 23.3 Å². The van der Waals surface area contributed by atoms with Crippen molar-refractivity contribution in [3.8, 4) is 5.75 Å². The van der Waals surface area contributed by atoms with Crippen LogP contribution in [0.3, 0.4) is 0 Å². The van der Waals surface area contributed by atoms with Crippen LogP contribution in [0, 0.1) is 0 Å². The van der Waals surface area contributed by atoms with Crippen molar-refractivity contribution >= 4 is 23.6 Å². The smallest absolute Gasteiger partial charge is 0.417 e. The molecule has 4 rings (SSSR count). The average molecular weight is 526 g/mol. The van der Waals surface area contributed by atoms with Crippen molar-refractivity contribution in [3.63, 3.8) is 0 Å². The minimum absolute atomic E-state index is 0.0432. The van der Waals surface area contributed by atoms with E-state index in [1.807, 2.05) is 0 Å². The van der Waals surface area contributed by atoms with E-state index in [1.165, 1.54) is 9.80 Å². The lowest BCUT2D eigenvalue weighted by Crippen LogP contribution is -2.56. The molecule has 2 fully saturated rings. The summed E-state index contributed by atoms with van der Waals surface area (Å²) in [5, 5.41) is 2.65. The van der Waals surface area contributed by atoms with E-state index < -0.39 is 58.5 Å². The second-order valence-corrected chi connectivity index (χ2v) is 11.3. The Morgan fingerprint density at radius 1 is 1.19 bits per heavy atom. The van der Waals surface area contributed by atoms with Crippen LogP contribution in [0.15, 0.2) is 12.1 Å². The second kappa shape index (κ2) is 9.40. The van der Waals surface area contributed by atoms with Gasteiger partial charge in [-0.25, -0.2) is 4.79 Å². The molecule has 1 aliphatic carbocycles. The molecule has 0 aromatic heterocycles. The molecule has 1 N–H and O–H groups in total. The number of fused-ring (bicyclic) bond motifs is 1. The van der Waals surface area contributed by atoms with Gasteiger partial charge in [-0.3, -0.25) is 9.59 Å². The molecule has 1 atom stereocenters. The van der Waals surface area contributed by atoms with Crippen molar-refractivity contribution in [1.82, 2.24) is 9.80 Å². The largest absolute Gasteiger partial charge is 0.475 e. The van der Waals surface area contributed by atoms with Crippen molar-refractivity contribution in [2.45, 2.75) is 96.2 Å². The van der Waals surface area contributed by atoms with Gasteiger partial charge in [-0.15, -0.1) is 0 Å². The number of alkyl halides is 3. The van der Waals surface area contributed by atoms with Crippen LogP contribution in [0.2, 0.25) is 0 Å². The Hall–Kier alpha value is -2.98. The highest BCUT2D eigenvalue weighted by Gasteiger charge is 2.51. The van der Waals surface area contributed by atoms with Gasteiger partial charge in [-0.2, -0.15) is 13.2 Å². The number of carbonyl (C=O) groups excluding carboxylic acids is 3. The molecule has 8 nitrogen and oxygen atoms in total. The number of halogens is 3. The molecule has 1 saturated heterocycles. The van der Waals surface area contributed by atoms with Crippen LogP contribution in [-0.2, 0) is 15.7 Å². The van der Waals surface area contributed by atoms with Gasteiger partial charge in [0.25, 0.3) is 11.8 Å². The third-order valence-corrected chi connectivity index (χ3v) is 7.02. The monoisotopic (exact) mass is 525 g/mol. The van der Waals surface area contributed by atoms with Gasteiger partial charge in [-0.05, 0) is 78.9 Å². The van der Waals surface area contributed by atoms with E-state index in [0.29, 0.717) is 32.2 Å². The molecule has 0 radical (unpaired) electrons. The van der Waals surface area contributed by atoms with E-state index in [-0.39, 0.29) is 18.0 Å². The van der Waals surface area contributed by atoms with E-state index in [2.05, 4.69) is 5.32 Å². The first kappa shape index (κ1) is 27.1. The Balaban J connectivity index is 1.66. The Morgan fingerprint density at radius 2 is 1.86 bits per heavy atom. The number of hydrogen-bond donors (Lipinski definition) is 1. The van der Waals surface area contributed by atoms with E-state index in [0.717, 1.165) is 18.6 Å². The quantitative estimate of drug-likeness (QED) is 0.586. The number of benzene rings is 1. The minimum atomic E-state index is -4.82. The van der Waals surface area contributed by atoms with Crippen LogP contribution >= 0.6 is 0 Å². The highest BCUT2D eigenvalue weighted by Crippen LogP contribution is 2.47. The molecular formula is C26H34F3N3O5. The summed E-state index contributed by atoms with van der Waals surface area (Å²) < 4.78 is 53.8. The zero-order valence-corrected chi connectivity index (χ0v) is 21.8. The Labute approximate surface area is 214 Å². The second-order valence-electron chi connectivity index (χ2n) is 11.3. The highest BCUT2D eigenvalue weighted by molar-refractivity contribution is 6.04. The fraction of sp³-hybridized carbons (Fsp3) is 0.654. The number of rotatable bonds is 3. The van der Waals surface area contributed by atoms with Gasteiger partial charge < -0.3 is 24.6 Å². The Morgan fingerprint density at radius 3 is 2.41 bits per heavy atom. The number of piperidine rings is 1. The van der Waals surface area contributed by atoms with Gasteiger partial charge in [0, 0.05) is 19.1 Å². The predicted molar refractivity (Wildman–Crippen MR) is 129 cm³/mol. The third-order valence-electron chi connectivity index (χ3n) is 7.02. The Kier molecular flexibility index (Phi) is 6.87. The number of carbonyl (C=O) groups is 3. The summed E-state index contributed by atoms with van der Waals surface area (Å²) in [6, 6.07) is 0.926. The topological polar surface area (TPSA) is 88.2 Å². The summed E-state index contributed by atoms with van der Waals surface area (Å²) in [7, 11) is 0. The number of nitrogens with one attached hydrogen (secondary N) is 1. The third kappa shape index (κ3) is 5.36. The molecule has 11 heteroatoms. The number of hydrogen-bond acceptors (Lipinski definition) is 5. The van der Waals surface area contributed by atoms with Crippen molar-refractivity contribution in [2.75, 3.05) is 18.4 Å².